The molecule has 0 atom stereocenters. The van der Waals surface area contributed by atoms with Crippen LogP contribution in [0.25, 0.3) is 0 Å². The molecule has 0 spiro atoms. The lowest BCUT2D eigenvalue weighted by Gasteiger charge is -2.25. The number of amides is 1. The molecule has 2 rings (SSSR count). The van der Waals surface area contributed by atoms with Crippen LogP contribution in [0.2, 0.25) is 0 Å². The fraction of sp³-hybridized carbons (Fsp3) is 0.611. The van der Waals surface area contributed by atoms with Gasteiger partial charge in [0.05, 0.1) is 0 Å². The van der Waals surface area contributed by atoms with Gasteiger partial charge in [0.2, 0.25) is 6.41 Å². The summed E-state index contributed by atoms with van der Waals surface area (Å²) in [7, 11) is 2.19. The van der Waals surface area contributed by atoms with Gasteiger partial charge in [0.1, 0.15) is 0 Å². The van der Waals surface area contributed by atoms with Crippen LogP contribution in [0.1, 0.15) is 57.2 Å². The van der Waals surface area contributed by atoms with Crippen LogP contribution in [0.4, 0.5) is 0 Å². The van der Waals surface area contributed by atoms with E-state index in [0.717, 1.165) is 6.54 Å². The highest BCUT2D eigenvalue weighted by atomic mass is 16.1. The molecule has 3 heteroatoms. The maximum atomic E-state index is 8.58. The minimum Gasteiger partial charge on any atom is -0.372 e. The second-order valence-corrected chi connectivity index (χ2v) is 4.90. The van der Waals surface area contributed by atoms with Crippen LogP contribution in [-0.2, 0) is 17.8 Å². The number of benzene rings is 1. The number of hydrogen-bond donors (Lipinski definition) is 1. The monoisotopic (exact) mass is 294 g/mol. The molecule has 0 unspecified atom stereocenters. The summed E-state index contributed by atoms with van der Waals surface area (Å²) in [6.07, 6.45) is 4.10. The molecule has 0 fully saturated rings. The third-order valence-electron chi connectivity index (χ3n) is 3.06. The minimum atomic E-state index is 0.250. The van der Waals surface area contributed by atoms with Gasteiger partial charge in [-0.2, -0.15) is 0 Å². The zero-order chi connectivity index (χ0) is 16.7. The number of carbonyl (C=O) groups is 1. The molecular formula is C18H34N2O. The molecule has 0 radical (unpaired) electrons. The van der Waals surface area contributed by atoms with Crippen molar-refractivity contribution in [3.8, 4) is 0 Å². The summed E-state index contributed by atoms with van der Waals surface area (Å²) in [5.74, 6) is 0. The van der Waals surface area contributed by atoms with Crippen molar-refractivity contribution in [1.29, 1.82) is 0 Å². The highest BCUT2D eigenvalue weighted by Gasteiger charge is 2.11. The second kappa shape index (κ2) is 15.0. The highest BCUT2D eigenvalue weighted by molar-refractivity contribution is 5.42. The van der Waals surface area contributed by atoms with Crippen molar-refractivity contribution in [3.05, 3.63) is 34.9 Å². The molecule has 0 aliphatic carbocycles. The van der Waals surface area contributed by atoms with Gasteiger partial charge in [-0.1, -0.05) is 64.3 Å². The maximum Gasteiger partial charge on any atom is 0.204 e. The SMILES string of the molecule is CC.CCCC.Cc1ccc2c(c1)CN(C)CC2.NC=O. The van der Waals surface area contributed by atoms with Crippen LogP contribution in [0.15, 0.2) is 18.2 Å². The van der Waals surface area contributed by atoms with Crippen molar-refractivity contribution < 1.29 is 4.79 Å². The van der Waals surface area contributed by atoms with E-state index >= 15 is 0 Å². The first kappa shape index (κ1) is 21.9. The molecule has 0 aromatic heterocycles. The Morgan fingerprint density at radius 3 is 2.19 bits per heavy atom. The number of carbonyl (C=O) groups excluding carboxylic acids is 1. The van der Waals surface area contributed by atoms with Crippen LogP contribution in [0, 0.1) is 6.92 Å². The fourth-order valence-electron chi connectivity index (χ4n) is 1.83. The summed E-state index contributed by atoms with van der Waals surface area (Å²) in [5.41, 5.74) is 8.60. The average Bonchev–Trinajstić information content (AvgIpc) is 2.50. The number of likely N-dealkylation sites (N-methyl/N-ethyl adjacent to an activating group) is 1. The Hall–Kier alpha value is -1.35. The molecule has 0 bridgehead atoms. The van der Waals surface area contributed by atoms with Crippen molar-refractivity contribution in [2.24, 2.45) is 5.73 Å². The molecule has 3 nitrogen and oxygen atoms in total. The molecule has 1 aliphatic rings. The fourth-order valence-corrected chi connectivity index (χ4v) is 1.83. The molecule has 0 saturated heterocycles. The van der Waals surface area contributed by atoms with Gasteiger partial charge < -0.3 is 10.6 Å². The van der Waals surface area contributed by atoms with E-state index in [4.69, 9.17) is 4.79 Å². The Morgan fingerprint density at radius 1 is 1.19 bits per heavy atom. The van der Waals surface area contributed by atoms with Gasteiger partial charge in [-0.15, -0.1) is 0 Å². The minimum absolute atomic E-state index is 0.250. The predicted molar refractivity (Wildman–Crippen MR) is 93.4 cm³/mol. The van der Waals surface area contributed by atoms with Gasteiger partial charge in [-0.05, 0) is 31.5 Å². The number of aryl methyl sites for hydroxylation is 1. The molecule has 2 N–H and O–H groups in total. The van der Waals surface area contributed by atoms with Crippen LogP contribution < -0.4 is 5.73 Å². The van der Waals surface area contributed by atoms with E-state index in [1.54, 1.807) is 5.56 Å². The van der Waals surface area contributed by atoms with E-state index in [-0.39, 0.29) is 6.41 Å². The number of fused-ring (bicyclic) bond motifs is 1. The van der Waals surface area contributed by atoms with Gasteiger partial charge in [0.25, 0.3) is 0 Å². The Kier molecular flexibility index (Phi) is 15.7. The molecule has 1 heterocycles. The molecule has 1 aromatic carbocycles. The lowest BCUT2D eigenvalue weighted by Crippen LogP contribution is -2.26. The molecule has 21 heavy (non-hydrogen) atoms. The zero-order valence-electron chi connectivity index (χ0n) is 14.8. The van der Waals surface area contributed by atoms with Crippen molar-refractivity contribution in [2.45, 2.75) is 60.4 Å². The van der Waals surface area contributed by atoms with Crippen molar-refractivity contribution in [3.63, 3.8) is 0 Å². The summed E-state index contributed by atoms with van der Waals surface area (Å²) in [6, 6.07) is 6.80. The van der Waals surface area contributed by atoms with Gasteiger partial charge in [-0.3, -0.25) is 4.79 Å². The van der Waals surface area contributed by atoms with Crippen LogP contribution >= 0.6 is 0 Å². The van der Waals surface area contributed by atoms with E-state index in [1.807, 2.05) is 13.8 Å². The zero-order valence-corrected chi connectivity index (χ0v) is 14.8. The van der Waals surface area contributed by atoms with Gasteiger partial charge in [0, 0.05) is 13.1 Å². The first-order valence-electron chi connectivity index (χ1n) is 8.01. The smallest absolute Gasteiger partial charge is 0.204 e. The second-order valence-electron chi connectivity index (χ2n) is 4.90. The van der Waals surface area contributed by atoms with Gasteiger partial charge >= 0.3 is 0 Å². The third kappa shape index (κ3) is 11.0. The maximum absolute atomic E-state index is 8.58. The van der Waals surface area contributed by atoms with E-state index < -0.39 is 0 Å². The van der Waals surface area contributed by atoms with Crippen LogP contribution in [0.5, 0.6) is 0 Å². The number of primary amides is 1. The first-order chi connectivity index (χ1) is 10.1. The lowest BCUT2D eigenvalue weighted by atomic mass is 9.98. The van der Waals surface area contributed by atoms with E-state index in [2.05, 4.69) is 56.7 Å². The topological polar surface area (TPSA) is 46.3 Å². The van der Waals surface area contributed by atoms with Gasteiger partial charge in [0.15, 0.2) is 0 Å². The normalized spacial score (nSPS) is 12.3. The first-order valence-corrected chi connectivity index (χ1v) is 8.01. The largest absolute Gasteiger partial charge is 0.372 e. The van der Waals surface area contributed by atoms with E-state index in [1.165, 1.54) is 36.9 Å². The molecule has 1 aromatic rings. The summed E-state index contributed by atoms with van der Waals surface area (Å²) in [6.45, 7) is 12.8. The Balaban J connectivity index is 0. The predicted octanol–water partition coefficient (Wildman–Crippen LogP) is 3.92. The Labute approximate surface area is 131 Å². The summed E-state index contributed by atoms with van der Waals surface area (Å²) in [5, 5.41) is 0. The highest BCUT2D eigenvalue weighted by Crippen LogP contribution is 2.18. The molecule has 122 valence electrons. The quantitative estimate of drug-likeness (QED) is 0.798. The number of nitrogens with zero attached hydrogens (tertiary/aromatic N) is 1. The lowest BCUT2D eigenvalue weighted by molar-refractivity contribution is -0.106. The molecule has 1 aliphatic heterocycles. The van der Waals surface area contributed by atoms with E-state index in [0.29, 0.717) is 0 Å². The molecule has 0 saturated carbocycles. The van der Waals surface area contributed by atoms with E-state index in [9.17, 15) is 0 Å². The summed E-state index contributed by atoms with van der Waals surface area (Å²) >= 11 is 0. The standard InChI is InChI=1S/C11H15N.C4H10.C2H6.CH3NO/c1-9-3-4-10-5-6-12(2)8-11(10)7-9;1-3-4-2;1-2;2-1-3/h3-4,7H,5-6,8H2,1-2H3;3-4H2,1-2H3;1-2H3;1H,(H2,2,3). The Bertz CT molecular complexity index is 362. The van der Waals surface area contributed by atoms with Crippen molar-refractivity contribution in [1.82, 2.24) is 4.90 Å². The van der Waals surface area contributed by atoms with Crippen molar-refractivity contribution >= 4 is 6.41 Å². The number of hydrogen-bond acceptors (Lipinski definition) is 2. The summed E-state index contributed by atoms with van der Waals surface area (Å²) in [4.78, 5) is 11.0. The molecular weight excluding hydrogens is 260 g/mol. The van der Waals surface area contributed by atoms with Crippen LogP contribution in [-0.4, -0.2) is 24.9 Å². The Morgan fingerprint density at radius 2 is 1.71 bits per heavy atom. The number of unbranched alkanes of at least 4 members (excludes halogenated alkanes) is 1. The van der Waals surface area contributed by atoms with Gasteiger partial charge in [-0.25, -0.2) is 0 Å². The van der Waals surface area contributed by atoms with Crippen LogP contribution in [0.3, 0.4) is 0 Å². The number of nitrogens with two attached hydrogens (primary N) is 1. The summed E-state index contributed by atoms with van der Waals surface area (Å²) < 4.78 is 0. The molecule has 1 amide bonds. The van der Waals surface area contributed by atoms with Crippen molar-refractivity contribution in [2.75, 3.05) is 13.6 Å². The third-order valence-corrected chi connectivity index (χ3v) is 3.06. The number of rotatable bonds is 1. The average molecular weight is 294 g/mol.